The molecule has 0 bridgehead atoms. The Kier molecular flexibility index (Phi) is 5.65. The molecule has 2 fully saturated rings. The van der Waals surface area contributed by atoms with Gasteiger partial charge in [0.25, 0.3) is 5.91 Å². The molecule has 1 aliphatic carbocycles. The Bertz CT molecular complexity index is 1590. The lowest BCUT2D eigenvalue weighted by atomic mass is 9.65. The Morgan fingerprint density at radius 2 is 2.00 bits per heavy atom. The predicted molar refractivity (Wildman–Crippen MR) is 144 cm³/mol. The fourth-order valence-corrected chi connectivity index (χ4v) is 6.63. The van der Waals surface area contributed by atoms with E-state index in [1.807, 2.05) is 59.5 Å². The van der Waals surface area contributed by atoms with E-state index >= 15 is 0 Å². The van der Waals surface area contributed by atoms with Gasteiger partial charge >= 0.3 is 0 Å². The lowest BCUT2D eigenvalue weighted by molar-refractivity contribution is -0.125. The molecule has 1 aliphatic heterocycles. The van der Waals surface area contributed by atoms with Gasteiger partial charge < -0.3 is 9.47 Å². The average Bonchev–Trinajstić information content (AvgIpc) is 3.64. The number of aromatic nitrogens is 2. The molecule has 1 spiro atoms. The SMILES string of the molecule is C=CC(=O)N1CC[C@]2(C1)C[C@H](n1c(NC(=O)c3ccc(-c4cccc(C#N)c4)s3)nc3ccccc31)C2. The van der Waals surface area contributed by atoms with Gasteiger partial charge in [-0.2, -0.15) is 5.26 Å². The van der Waals surface area contributed by atoms with Gasteiger partial charge in [-0.15, -0.1) is 11.3 Å². The number of fused-ring (bicyclic) bond motifs is 1. The van der Waals surface area contributed by atoms with E-state index in [9.17, 15) is 14.9 Å². The van der Waals surface area contributed by atoms with Crippen molar-refractivity contribution in [3.05, 3.63) is 83.8 Å². The summed E-state index contributed by atoms with van der Waals surface area (Å²) < 4.78 is 2.15. The summed E-state index contributed by atoms with van der Waals surface area (Å²) in [5, 5.41) is 12.3. The van der Waals surface area contributed by atoms with Crippen molar-refractivity contribution in [2.24, 2.45) is 5.41 Å². The molecule has 2 aromatic carbocycles. The molecule has 2 aliphatic rings. The number of thiophene rings is 1. The number of para-hydroxylation sites is 2. The zero-order chi connectivity index (χ0) is 25.6. The first-order chi connectivity index (χ1) is 18.0. The molecule has 0 unspecified atom stereocenters. The summed E-state index contributed by atoms with van der Waals surface area (Å²) in [5.41, 5.74) is 3.46. The van der Waals surface area contributed by atoms with Crippen LogP contribution in [-0.2, 0) is 4.79 Å². The highest BCUT2D eigenvalue weighted by molar-refractivity contribution is 7.17. The summed E-state index contributed by atoms with van der Waals surface area (Å²) >= 11 is 1.39. The molecule has 37 heavy (non-hydrogen) atoms. The number of rotatable bonds is 5. The molecule has 3 heterocycles. The molecular weight excluding hydrogens is 482 g/mol. The van der Waals surface area contributed by atoms with Crippen LogP contribution in [0.2, 0.25) is 0 Å². The largest absolute Gasteiger partial charge is 0.339 e. The Morgan fingerprint density at radius 1 is 1.16 bits per heavy atom. The normalized spacial score (nSPS) is 20.5. The van der Waals surface area contributed by atoms with Crippen molar-refractivity contribution in [1.29, 1.82) is 5.26 Å². The number of hydrogen-bond donors (Lipinski definition) is 1. The van der Waals surface area contributed by atoms with Gasteiger partial charge in [-0.25, -0.2) is 4.98 Å². The van der Waals surface area contributed by atoms with Crippen molar-refractivity contribution in [3.63, 3.8) is 0 Å². The number of nitrogens with zero attached hydrogens (tertiary/aromatic N) is 4. The summed E-state index contributed by atoms with van der Waals surface area (Å²) in [6.07, 6.45) is 4.26. The van der Waals surface area contributed by atoms with E-state index in [0.717, 1.165) is 53.8 Å². The smallest absolute Gasteiger partial charge is 0.268 e. The number of hydrogen-bond acceptors (Lipinski definition) is 5. The van der Waals surface area contributed by atoms with Crippen LogP contribution in [0.4, 0.5) is 5.95 Å². The van der Waals surface area contributed by atoms with Gasteiger partial charge in [0.1, 0.15) is 0 Å². The van der Waals surface area contributed by atoms with Crippen molar-refractivity contribution >= 4 is 40.1 Å². The first kappa shape index (κ1) is 23.2. The lowest BCUT2D eigenvalue weighted by Gasteiger charge is -2.46. The van der Waals surface area contributed by atoms with E-state index in [4.69, 9.17) is 4.98 Å². The maximum absolute atomic E-state index is 13.3. The Labute approximate surface area is 218 Å². The molecular formula is C29H25N5O2S. The Balaban J connectivity index is 1.24. The van der Waals surface area contributed by atoms with Gasteiger partial charge in [-0.1, -0.05) is 30.8 Å². The molecule has 0 atom stereocenters. The molecule has 6 rings (SSSR count). The molecule has 8 heteroatoms. The molecule has 2 amide bonds. The molecule has 7 nitrogen and oxygen atoms in total. The molecule has 2 aromatic heterocycles. The molecule has 0 radical (unpaired) electrons. The number of amides is 2. The topological polar surface area (TPSA) is 91.0 Å². The number of imidazole rings is 1. The van der Waals surface area contributed by atoms with Gasteiger partial charge in [-0.05, 0) is 72.7 Å². The van der Waals surface area contributed by atoms with Crippen molar-refractivity contribution in [1.82, 2.24) is 14.5 Å². The number of nitrogens with one attached hydrogen (secondary N) is 1. The van der Waals surface area contributed by atoms with E-state index in [1.54, 1.807) is 6.07 Å². The first-order valence-corrected chi connectivity index (χ1v) is 13.1. The van der Waals surface area contributed by atoms with E-state index in [2.05, 4.69) is 22.5 Å². The number of benzene rings is 2. The van der Waals surface area contributed by atoms with Crippen LogP contribution in [0.5, 0.6) is 0 Å². The van der Waals surface area contributed by atoms with Gasteiger partial charge in [0, 0.05) is 24.0 Å². The zero-order valence-electron chi connectivity index (χ0n) is 20.2. The van der Waals surface area contributed by atoms with Crippen LogP contribution in [0, 0.1) is 16.7 Å². The number of anilines is 1. The summed E-state index contributed by atoms with van der Waals surface area (Å²) in [6, 6.07) is 21.4. The van der Waals surface area contributed by atoms with Crippen LogP contribution >= 0.6 is 11.3 Å². The number of nitriles is 1. The average molecular weight is 508 g/mol. The van der Waals surface area contributed by atoms with Gasteiger partial charge in [0.2, 0.25) is 11.9 Å². The Hall–Kier alpha value is -4.22. The van der Waals surface area contributed by atoms with Crippen molar-refractivity contribution < 1.29 is 9.59 Å². The predicted octanol–water partition coefficient (Wildman–Crippen LogP) is 5.63. The highest BCUT2D eigenvalue weighted by atomic mass is 32.1. The van der Waals surface area contributed by atoms with E-state index in [-0.39, 0.29) is 23.3 Å². The summed E-state index contributed by atoms with van der Waals surface area (Å²) in [4.78, 5) is 33.5. The van der Waals surface area contributed by atoms with Crippen LogP contribution in [0.1, 0.15) is 40.5 Å². The van der Waals surface area contributed by atoms with Crippen LogP contribution in [-0.4, -0.2) is 39.4 Å². The van der Waals surface area contributed by atoms with Crippen molar-refractivity contribution in [3.8, 4) is 16.5 Å². The fraction of sp³-hybridized carbons (Fsp3) is 0.241. The molecule has 1 saturated carbocycles. The molecule has 1 saturated heterocycles. The third-order valence-electron chi connectivity index (χ3n) is 7.55. The molecule has 4 aromatic rings. The van der Waals surface area contributed by atoms with Crippen LogP contribution < -0.4 is 5.32 Å². The van der Waals surface area contributed by atoms with E-state index in [1.165, 1.54) is 17.4 Å². The minimum Gasteiger partial charge on any atom is -0.339 e. The van der Waals surface area contributed by atoms with Crippen molar-refractivity contribution in [2.75, 3.05) is 18.4 Å². The van der Waals surface area contributed by atoms with E-state index in [0.29, 0.717) is 16.4 Å². The second kappa shape index (κ2) is 9.02. The maximum atomic E-state index is 13.3. The zero-order valence-corrected chi connectivity index (χ0v) is 21.0. The maximum Gasteiger partial charge on any atom is 0.268 e. The molecule has 1 N–H and O–H groups in total. The fourth-order valence-electron chi connectivity index (χ4n) is 5.73. The quantitative estimate of drug-likeness (QED) is 0.355. The Morgan fingerprint density at radius 3 is 2.81 bits per heavy atom. The lowest BCUT2D eigenvalue weighted by Crippen LogP contribution is -2.42. The second-order valence-corrected chi connectivity index (χ2v) is 11.0. The van der Waals surface area contributed by atoms with Crippen molar-refractivity contribution in [2.45, 2.75) is 25.3 Å². The summed E-state index contributed by atoms with van der Waals surface area (Å²) in [6.45, 7) is 5.15. The van der Waals surface area contributed by atoms with Gasteiger partial charge in [0.05, 0.1) is 27.5 Å². The third kappa shape index (κ3) is 4.11. The van der Waals surface area contributed by atoms with E-state index < -0.39 is 0 Å². The number of carbonyl (C=O) groups is 2. The standard InChI is InChI=1S/C29H25N5O2S/c1-2-26(35)33-13-12-29(18-33)15-21(16-29)34-23-9-4-3-8-22(23)31-28(34)32-27(36)25-11-10-24(37-25)20-7-5-6-19(14-20)17-30/h2-11,14,21H,1,12-13,15-16,18H2,(H,31,32,36)/t21-,29-. The van der Waals surface area contributed by atoms with Gasteiger partial charge in [0.15, 0.2) is 0 Å². The molecule has 184 valence electrons. The minimum atomic E-state index is -0.207. The van der Waals surface area contributed by atoms with Crippen LogP contribution in [0.15, 0.2) is 73.3 Å². The van der Waals surface area contributed by atoms with Crippen LogP contribution in [0.25, 0.3) is 21.5 Å². The number of carbonyl (C=O) groups excluding carboxylic acids is 2. The monoisotopic (exact) mass is 507 g/mol. The minimum absolute atomic E-state index is 0.00368. The summed E-state index contributed by atoms with van der Waals surface area (Å²) in [7, 11) is 0. The summed E-state index contributed by atoms with van der Waals surface area (Å²) in [5.74, 6) is 0.336. The van der Waals surface area contributed by atoms with Crippen LogP contribution in [0.3, 0.4) is 0 Å². The highest BCUT2D eigenvalue weighted by Gasteiger charge is 2.50. The first-order valence-electron chi connectivity index (χ1n) is 12.3. The van der Waals surface area contributed by atoms with Gasteiger partial charge in [-0.3, -0.25) is 14.9 Å². The third-order valence-corrected chi connectivity index (χ3v) is 8.69. The second-order valence-electron chi connectivity index (χ2n) is 9.88. The highest BCUT2D eigenvalue weighted by Crippen LogP contribution is 2.55. The number of likely N-dealkylation sites (tertiary alicyclic amines) is 1.